The molecule has 1 aliphatic rings. The zero-order valence-electron chi connectivity index (χ0n) is 9.33. The molecule has 2 nitrogen and oxygen atoms in total. The van der Waals surface area contributed by atoms with Gasteiger partial charge in [0.25, 0.3) is 0 Å². The Morgan fingerprint density at radius 1 is 1.35 bits per heavy atom. The molecular weight excluding hydrogens is 292 g/mol. The minimum absolute atomic E-state index is 0.175. The standard InChI is InChI=1S/C12H14BrF2NO/c13-6-10-8-16(3-4-17-10)7-9-1-2-11(14)12(15)5-9/h1-2,5,10H,3-4,6-8H2. The van der Waals surface area contributed by atoms with Gasteiger partial charge in [-0.2, -0.15) is 0 Å². The molecule has 0 spiro atoms. The molecule has 1 aromatic carbocycles. The first-order valence-corrected chi connectivity index (χ1v) is 6.65. The van der Waals surface area contributed by atoms with E-state index < -0.39 is 11.6 Å². The van der Waals surface area contributed by atoms with Crippen molar-refractivity contribution in [3.05, 3.63) is 35.4 Å². The molecule has 1 saturated heterocycles. The van der Waals surface area contributed by atoms with E-state index >= 15 is 0 Å². The number of hydrogen-bond donors (Lipinski definition) is 0. The van der Waals surface area contributed by atoms with Gasteiger partial charge in [-0.15, -0.1) is 0 Å². The Morgan fingerprint density at radius 3 is 2.88 bits per heavy atom. The molecule has 0 aromatic heterocycles. The van der Waals surface area contributed by atoms with Crippen LogP contribution in [0.15, 0.2) is 18.2 Å². The molecule has 5 heteroatoms. The van der Waals surface area contributed by atoms with Crippen molar-refractivity contribution in [1.82, 2.24) is 4.90 Å². The van der Waals surface area contributed by atoms with Gasteiger partial charge in [-0.3, -0.25) is 4.90 Å². The van der Waals surface area contributed by atoms with E-state index in [0.29, 0.717) is 13.2 Å². The van der Waals surface area contributed by atoms with Crippen molar-refractivity contribution < 1.29 is 13.5 Å². The molecule has 1 fully saturated rings. The first kappa shape index (κ1) is 12.9. The molecule has 0 N–H and O–H groups in total. The second-order valence-electron chi connectivity index (χ2n) is 4.13. The minimum Gasteiger partial charge on any atom is -0.375 e. The van der Waals surface area contributed by atoms with Gasteiger partial charge in [0.2, 0.25) is 0 Å². The Morgan fingerprint density at radius 2 is 2.18 bits per heavy atom. The van der Waals surface area contributed by atoms with E-state index in [1.54, 1.807) is 6.07 Å². The lowest BCUT2D eigenvalue weighted by molar-refractivity contribution is -0.0181. The monoisotopic (exact) mass is 305 g/mol. The van der Waals surface area contributed by atoms with Gasteiger partial charge in [0.1, 0.15) is 0 Å². The van der Waals surface area contributed by atoms with Gasteiger partial charge in [0.05, 0.1) is 12.7 Å². The van der Waals surface area contributed by atoms with E-state index in [2.05, 4.69) is 20.8 Å². The van der Waals surface area contributed by atoms with Crippen LogP contribution in [0.3, 0.4) is 0 Å². The topological polar surface area (TPSA) is 12.5 Å². The van der Waals surface area contributed by atoms with Crippen LogP contribution >= 0.6 is 15.9 Å². The van der Waals surface area contributed by atoms with Crippen molar-refractivity contribution in [2.75, 3.05) is 25.0 Å². The van der Waals surface area contributed by atoms with Crippen LogP contribution in [-0.4, -0.2) is 36.0 Å². The van der Waals surface area contributed by atoms with Crippen LogP contribution in [0, 0.1) is 11.6 Å². The lowest BCUT2D eigenvalue weighted by Gasteiger charge is -2.32. The summed E-state index contributed by atoms with van der Waals surface area (Å²) in [6.45, 7) is 2.94. The van der Waals surface area contributed by atoms with E-state index in [4.69, 9.17) is 4.74 Å². The molecule has 0 saturated carbocycles. The quantitative estimate of drug-likeness (QED) is 0.796. The summed E-state index contributed by atoms with van der Waals surface area (Å²) in [6.07, 6.45) is 0.175. The molecule has 1 aliphatic heterocycles. The van der Waals surface area contributed by atoms with E-state index in [1.165, 1.54) is 12.1 Å². The number of hydrogen-bond acceptors (Lipinski definition) is 2. The first-order valence-electron chi connectivity index (χ1n) is 5.53. The fourth-order valence-electron chi connectivity index (χ4n) is 1.91. The van der Waals surface area contributed by atoms with Gasteiger partial charge >= 0.3 is 0 Å². The van der Waals surface area contributed by atoms with Crippen LogP contribution in [0.25, 0.3) is 0 Å². The Balaban J connectivity index is 1.97. The van der Waals surface area contributed by atoms with Gasteiger partial charge in [0, 0.05) is 25.0 Å². The largest absolute Gasteiger partial charge is 0.375 e. The van der Waals surface area contributed by atoms with E-state index in [9.17, 15) is 8.78 Å². The maximum atomic E-state index is 13.1. The smallest absolute Gasteiger partial charge is 0.159 e. The lowest BCUT2D eigenvalue weighted by atomic mass is 10.2. The third-order valence-electron chi connectivity index (χ3n) is 2.79. The minimum atomic E-state index is -0.797. The number of benzene rings is 1. The highest BCUT2D eigenvalue weighted by molar-refractivity contribution is 9.09. The summed E-state index contributed by atoms with van der Waals surface area (Å²) >= 11 is 3.38. The van der Waals surface area contributed by atoms with Crippen molar-refractivity contribution in [2.45, 2.75) is 12.6 Å². The number of halogens is 3. The summed E-state index contributed by atoms with van der Waals surface area (Å²) in [4.78, 5) is 2.18. The summed E-state index contributed by atoms with van der Waals surface area (Å²) < 4.78 is 31.3. The van der Waals surface area contributed by atoms with Crippen LogP contribution in [0.4, 0.5) is 8.78 Å². The van der Waals surface area contributed by atoms with E-state index in [-0.39, 0.29) is 6.10 Å². The van der Waals surface area contributed by atoms with Crippen molar-refractivity contribution in [2.24, 2.45) is 0 Å². The van der Waals surface area contributed by atoms with Crippen molar-refractivity contribution >= 4 is 15.9 Å². The van der Waals surface area contributed by atoms with Crippen LogP contribution in [0.2, 0.25) is 0 Å². The second-order valence-corrected chi connectivity index (χ2v) is 4.78. The number of alkyl halides is 1. The lowest BCUT2D eigenvalue weighted by Crippen LogP contribution is -2.42. The fourth-order valence-corrected chi connectivity index (χ4v) is 2.31. The summed E-state index contributed by atoms with van der Waals surface area (Å²) in [6, 6.07) is 4.05. The summed E-state index contributed by atoms with van der Waals surface area (Å²) in [7, 11) is 0. The normalized spacial score (nSPS) is 21.7. The van der Waals surface area contributed by atoms with Crippen LogP contribution < -0.4 is 0 Å². The van der Waals surface area contributed by atoms with Crippen LogP contribution in [0.5, 0.6) is 0 Å². The van der Waals surface area contributed by atoms with Gasteiger partial charge in [0.15, 0.2) is 11.6 Å². The summed E-state index contributed by atoms with van der Waals surface area (Å²) in [5.41, 5.74) is 0.791. The summed E-state index contributed by atoms with van der Waals surface area (Å²) in [5, 5.41) is 0.793. The van der Waals surface area contributed by atoms with Crippen LogP contribution in [-0.2, 0) is 11.3 Å². The van der Waals surface area contributed by atoms with Gasteiger partial charge < -0.3 is 4.74 Å². The third-order valence-corrected chi connectivity index (χ3v) is 3.51. The highest BCUT2D eigenvalue weighted by Gasteiger charge is 2.19. The predicted molar refractivity (Wildman–Crippen MR) is 65.2 cm³/mol. The Hall–Kier alpha value is -0.520. The first-order chi connectivity index (χ1) is 8.19. The Kier molecular flexibility index (Phi) is 4.48. The number of rotatable bonds is 3. The number of ether oxygens (including phenoxy) is 1. The molecule has 0 bridgehead atoms. The molecule has 17 heavy (non-hydrogen) atoms. The van der Waals surface area contributed by atoms with Gasteiger partial charge in [-0.05, 0) is 17.7 Å². The molecule has 1 heterocycles. The Bertz CT molecular complexity index is 389. The van der Waals surface area contributed by atoms with E-state index in [0.717, 1.165) is 24.0 Å². The second kappa shape index (κ2) is 5.89. The molecule has 2 rings (SSSR count). The average Bonchev–Trinajstić information content (AvgIpc) is 2.34. The molecular formula is C12H14BrF2NO. The van der Waals surface area contributed by atoms with Crippen molar-refractivity contribution in [3.63, 3.8) is 0 Å². The SMILES string of the molecule is Fc1ccc(CN2CCOC(CBr)C2)cc1F. The number of nitrogens with zero attached hydrogens (tertiary/aromatic N) is 1. The van der Waals surface area contributed by atoms with Crippen molar-refractivity contribution in [3.8, 4) is 0 Å². The van der Waals surface area contributed by atoms with Crippen molar-refractivity contribution in [1.29, 1.82) is 0 Å². The maximum absolute atomic E-state index is 13.1. The van der Waals surface area contributed by atoms with E-state index in [1.807, 2.05) is 0 Å². The molecule has 0 amide bonds. The fraction of sp³-hybridized carbons (Fsp3) is 0.500. The zero-order valence-corrected chi connectivity index (χ0v) is 10.9. The molecule has 0 radical (unpaired) electrons. The molecule has 94 valence electrons. The average molecular weight is 306 g/mol. The molecule has 1 atom stereocenters. The molecule has 1 unspecified atom stereocenters. The van der Waals surface area contributed by atoms with Crippen LogP contribution in [0.1, 0.15) is 5.56 Å². The van der Waals surface area contributed by atoms with Gasteiger partial charge in [-0.25, -0.2) is 8.78 Å². The van der Waals surface area contributed by atoms with Gasteiger partial charge in [-0.1, -0.05) is 22.0 Å². The maximum Gasteiger partial charge on any atom is 0.159 e. The predicted octanol–water partition coefficient (Wildman–Crippen LogP) is 2.56. The highest BCUT2D eigenvalue weighted by Crippen LogP contribution is 2.14. The molecule has 1 aromatic rings. The highest BCUT2D eigenvalue weighted by atomic mass is 79.9. The third kappa shape index (κ3) is 3.47. The molecule has 0 aliphatic carbocycles. The number of morpholine rings is 1. The summed E-state index contributed by atoms with van der Waals surface area (Å²) in [5.74, 6) is -1.58. The zero-order chi connectivity index (χ0) is 12.3. The Labute approximate surface area is 108 Å².